The van der Waals surface area contributed by atoms with Gasteiger partial charge in [-0.2, -0.15) is 0 Å². The number of aromatic amines is 1. The van der Waals surface area contributed by atoms with E-state index in [9.17, 15) is 14.0 Å². The summed E-state index contributed by atoms with van der Waals surface area (Å²) in [6.45, 7) is -0.445. The monoisotopic (exact) mass is 286 g/mol. The molecule has 0 saturated heterocycles. The highest BCUT2D eigenvalue weighted by Gasteiger charge is 2.14. The van der Waals surface area contributed by atoms with Crippen LogP contribution in [0.4, 0.5) is 4.39 Å². The maximum atomic E-state index is 13.9. The zero-order valence-corrected chi connectivity index (χ0v) is 10.8. The molecule has 1 aromatic heterocycles. The SMILES string of the molecule is O=C(O)Cn1c(=O)[nH]c2c(-c3ccccc3F)cccc21. The molecule has 21 heavy (non-hydrogen) atoms. The normalized spacial score (nSPS) is 10.9. The topological polar surface area (TPSA) is 75.1 Å². The van der Waals surface area contributed by atoms with Gasteiger partial charge >= 0.3 is 11.7 Å². The summed E-state index contributed by atoms with van der Waals surface area (Å²) in [6.07, 6.45) is 0. The molecule has 106 valence electrons. The van der Waals surface area contributed by atoms with Crippen molar-refractivity contribution in [2.45, 2.75) is 6.54 Å². The van der Waals surface area contributed by atoms with Crippen LogP contribution in [0.25, 0.3) is 22.2 Å². The fourth-order valence-electron chi connectivity index (χ4n) is 2.38. The van der Waals surface area contributed by atoms with E-state index < -0.39 is 24.0 Å². The number of carboxylic acid groups (broad SMARTS) is 1. The molecule has 0 saturated carbocycles. The van der Waals surface area contributed by atoms with E-state index in [1.165, 1.54) is 6.07 Å². The fraction of sp³-hybridized carbons (Fsp3) is 0.0667. The summed E-state index contributed by atoms with van der Waals surface area (Å²) in [5.74, 6) is -1.52. The van der Waals surface area contributed by atoms with Crippen molar-refractivity contribution in [3.63, 3.8) is 0 Å². The summed E-state index contributed by atoms with van der Waals surface area (Å²) < 4.78 is 15.0. The van der Waals surface area contributed by atoms with Gasteiger partial charge in [0.25, 0.3) is 0 Å². The molecule has 3 aromatic rings. The van der Waals surface area contributed by atoms with Crippen molar-refractivity contribution in [3.05, 3.63) is 58.8 Å². The van der Waals surface area contributed by atoms with E-state index in [4.69, 9.17) is 5.11 Å². The molecule has 0 aliphatic heterocycles. The predicted octanol–water partition coefficient (Wildman–Crippen LogP) is 2.22. The number of para-hydroxylation sites is 1. The molecular formula is C15H11FN2O3. The van der Waals surface area contributed by atoms with Gasteiger partial charge in [0.05, 0.1) is 11.0 Å². The van der Waals surface area contributed by atoms with Crippen LogP contribution in [-0.2, 0) is 11.3 Å². The smallest absolute Gasteiger partial charge is 0.327 e. The van der Waals surface area contributed by atoms with E-state index in [0.29, 0.717) is 22.2 Å². The number of fused-ring (bicyclic) bond motifs is 1. The van der Waals surface area contributed by atoms with Gasteiger partial charge in [-0.15, -0.1) is 0 Å². The van der Waals surface area contributed by atoms with Crippen molar-refractivity contribution in [2.24, 2.45) is 0 Å². The number of benzene rings is 2. The number of halogens is 1. The number of carbonyl (C=O) groups is 1. The second-order valence-corrected chi connectivity index (χ2v) is 4.59. The Morgan fingerprint density at radius 1 is 1.14 bits per heavy atom. The first-order valence-electron chi connectivity index (χ1n) is 6.26. The van der Waals surface area contributed by atoms with Crippen LogP contribution in [0.5, 0.6) is 0 Å². The Morgan fingerprint density at radius 3 is 2.57 bits per heavy atom. The molecule has 2 aromatic carbocycles. The van der Waals surface area contributed by atoms with Gasteiger partial charge in [0.2, 0.25) is 0 Å². The summed E-state index contributed by atoms with van der Waals surface area (Å²) >= 11 is 0. The minimum atomic E-state index is -1.12. The van der Waals surface area contributed by atoms with Gasteiger partial charge in [-0.3, -0.25) is 9.36 Å². The quantitative estimate of drug-likeness (QED) is 0.775. The summed E-state index contributed by atoms with van der Waals surface area (Å²) in [7, 11) is 0. The van der Waals surface area contributed by atoms with E-state index in [0.717, 1.165) is 4.57 Å². The molecule has 0 aliphatic carbocycles. The lowest BCUT2D eigenvalue weighted by atomic mass is 10.0. The van der Waals surface area contributed by atoms with Crippen LogP contribution in [0.15, 0.2) is 47.3 Å². The highest BCUT2D eigenvalue weighted by atomic mass is 19.1. The van der Waals surface area contributed by atoms with Gasteiger partial charge in [0, 0.05) is 11.1 Å². The molecule has 0 fully saturated rings. The van der Waals surface area contributed by atoms with Crippen LogP contribution in [0, 0.1) is 5.82 Å². The lowest BCUT2D eigenvalue weighted by molar-refractivity contribution is -0.137. The number of hydrogen-bond acceptors (Lipinski definition) is 2. The lowest BCUT2D eigenvalue weighted by Gasteiger charge is -2.05. The zero-order valence-electron chi connectivity index (χ0n) is 10.8. The largest absolute Gasteiger partial charge is 0.480 e. The van der Waals surface area contributed by atoms with Crippen LogP contribution in [-0.4, -0.2) is 20.6 Å². The standard InChI is InChI=1S/C15H11FN2O3/c16-11-6-2-1-4-9(11)10-5-3-7-12-14(10)17-15(21)18(12)8-13(19)20/h1-7H,8H2,(H,17,21)(H,19,20). The van der Waals surface area contributed by atoms with E-state index in [-0.39, 0.29) is 0 Å². The summed E-state index contributed by atoms with van der Waals surface area (Å²) in [4.78, 5) is 25.3. The zero-order chi connectivity index (χ0) is 15.0. The van der Waals surface area contributed by atoms with Crippen molar-refractivity contribution in [2.75, 3.05) is 0 Å². The first-order chi connectivity index (χ1) is 10.1. The third kappa shape index (κ3) is 2.20. The number of H-pyrrole nitrogens is 1. The number of nitrogens with zero attached hydrogens (tertiary/aromatic N) is 1. The molecule has 0 bridgehead atoms. The first kappa shape index (κ1) is 13.1. The number of aromatic nitrogens is 2. The molecule has 0 unspecified atom stereocenters. The second-order valence-electron chi connectivity index (χ2n) is 4.59. The van der Waals surface area contributed by atoms with E-state index in [1.54, 1.807) is 36.4 Å². The third-order valence-corrected chi connectivity index (χ3v) is 3.27. The highest BCUT2D eigenvalue weighted by molar-refractivity contribution is 5.92. The summed E-state index contributed by atoms with van der Waals surface area (Å²) in [5.41, 5.74) is 1.20. The molecule has 1 heterocycles. The summed E-state index contributed by atoms with van der Waals surface area (Å²) in [5, 5.41) is 8.87. The number of nitrogens with one attached hydrogen (secondary N) is 1. The second kappa shape index (κ2) is 4.90. The van der Waals surface area contributed by atoms with Gasteiger partial charge in [-0.1, -0.05) is 30.3 Å². The van der Waals surface area contributed by atoms with Gasteiger partial charge in [0.1, 0.15) is 12.4 Å². The average molecular weight is 286 g/mol. The van der Waals surface area contributed by atoms with Gasteiger partial charge < -0.3 is 10.1 Å². The maximum absolute atomic E-state index is 13.9. The summed E-state index contributed by atoms with van der Waals surface area (Å²) in [6, 6.07) is 11.2. The number of hydrogen-bond donors (Lipinski definition) is 2. The molecule has 3 rings (SSSR count). The molecule has 0 amide bonds. The van der Waals surface area contributed by atoms with Crippen molar-refractivity contribution in [1.29, 1.82) is 0 Å². The highest BCUT2D eigenvalue weighted by Crippen LogP contribution is 2.28. The molecule has 6 heteroatoms. The van der Waals surface area contributed by atoms with E-state index in [1.807, 2.05) is 0 Å². The van der Waals surface area contributed by atoms with Crippen LogP contribution >= 0.6 is 0 Å². The van der Waals surface area contributed by atoms with Gasteiger partial charge in [-0.25, -0.2) is 9.18 Å². The number of rotatable bonds is 3. The number of imidazole rings is 1. The Labute approximate surface area is 118 Å². The minimum Gasteiger partial charge on any atom is -0.480 e. The Morgan fingerprint density at radius 2 is 1.86 bits per heavy atom. The predicted molar refractivity (Wildman–Crippen MR) is 75.6 cm³/mol. The maximum Gasteiger partial charge on any atom is 0.327 e. The van der Waals surface area contributed by atoms with Crippen LogP contribution in [0.1, 0.15) is 0 Å². The van der Waals surface area contributed by atoms with Crippen LogP contribution in [0.3, 0.4) is 0 Å². The average Bonchev–Trinajstić information content (AvgIpc) is 2.76. The van der Waals surface area contributed by atoms with Crippen molar-refractivity contribution in [1.82, 2.24) is 9.55 Å². The first-order valence-corrected chi connectivity index (χ1v) is 6.26. The van der Waals surface area contributed by atoms with Gasteiger partial charge in [-0.05, 0) is 12.1 Å². The molecule has 0 radical (unpaired) electrons. The Bertz CT molecular complexity index is 895. The lowest BCUT2D eigenvalue weighted by Crippen LogP contribution is -2.21. The minimum absolute atomic E-state index is 0.354. The van der Waals surface area contributed by atoms with Crippen LogP contribution < -0.4 is 5.69 Å². The Hall–Kier alpha value is -2.89. The Kier molecular flexibility index (Phi) is 3.06. The van der Waals surface area contributed by atoms with Gasteiger partial charge in [0.15, 0.2) is 0 Å². The molecule has 0 aliphatic rings. The van der Waals surface area contributed by atoms with Crippen molar-refractivity contribution >= 4 is 17.0 Å². The number of aliphatic carboxylic acids is 1. The van der Waals surface area contributed by atoms with E-state index in [2.05, 4.69) is 4.98 Å². The number of carboxylic acids is 1. The van der Waals surface area contributed by atoms with E-state index >= 15 is 0 Å². The third-order valence-electron chi connectivity index (χ3n) is 3.27. The van der Waals surface area contributed by atoms with Crippen molar-refractivity contribution < 1.29 is 14.3 Å². The van der Waals surface area contributed by atoms with Crippen LogP contribution in [0.2, 0.25) is 0 Å². The molecule has 2 N–H and O–H groups in total. The molecule has 5 nitrogen and oxygen atoms in total. The molecule has 0 atom stereocenters. The fourth-order valence-corrected chi connectivity index (χ4v) is 2.38. The molecular weight excluding hydrogens is 275 g/mol. The molecule has 0 spiro atoms. The van der Waals surface area contributed by atoms with Crippen molar-refractivity contribution in [3.8, 4) is 11.1 Å². The Balaban J connectivity index is 2.30.